The monoisotopic (exact) mass is 424 g/mol. The molecule has 1 aromatic heterocycles. The third kappa shape index (κ3) is 4.84. The first-order valence-corrected chi connectivity index (χ1v) is 10.7. The van der Waals surface area contributed by atoms with Crippen LogP contribution < -0.4 is 5.32 Å². The summed E-state index contributed by atoms with van der Waals surface area (Å²) >= 11 is 14.0. The van der Waals surface area contributed by atoms with E-state index in [4.69, 9.17) is 23.2 Å². The van der Waals surface area contributed by atoms with Crippen molar-refractivity contribution in [2.75, 3.05) is 6.54 Å². The van der Waals surface area contributed by atoms with Gasteiger partial charge in [-0.25, -0.2) is 0 Å². The lowest BCUT2D eigenvalue weighted by molar-refractivity contribution is -0.137. The van der Waals surface area contributed by atoms with Gasteiger partial charge in [0, 0.05) is 28.0 Å². The van der Waals surface area contributed by atoms with Crippen molar-refractivity contribution in [3.63, 3.8) is 0 Å². The number of nitrogens with zero attached hydrogens (tertiary/aromatic N) is 1. The molecule has 0 saturated carbocycles. The third-order valence-corrected chi connectivity index (χ3v) is 6.46. The van der Waals surface area contributed by atoms with Gasteiger partial charge in [-0.15, -0.1) is 11.3 Å². The van der Waals surface area contributed by atoms with Crippen LogP contribution in [0.5, 0.6) is 0 Å². The van der Waals surface area contributed by atoms with Gasteiger partial charge in [-0.3, -0.25) is 9.59 Å². The number of hydrogen-bond acceptors (Lipinski definition) is 3. The largest absolute Gasteiger partial charge is 0.344 e. The van der Waals surface area contributed by atoms with Crippen LogP contribution in [0.2, 0.25) is 10.0 Å². The van der Waals surface area contributed by atoms with Gasteiger partial charge in [0.15, 0.2) is 0 Å². The van der Waals surface area contributed by atoms with E-state index in [1.165, 1.54) is 10.4 Å². The van der Waals surface area contributed by atoms with Gasteiger partial charge in [-0.05, 0) is 47.5 Å². The number of benzene rings is 1. The van der Waals surface area contributed by atoms with Crippen molar-refractivity contribution in [1.29, 1.82) is 0 Å². The molecule has 1 aliphatic heterocycles. The Kier molecular flexibility index (Phi) is 6.79. The van der Waals surface area contributed by atoms with Crippen molar-refractivity contribution >= 4 is 46.4 Å². The van der Waals surface area contributed by atoms with Gasteiger partial charge >= 0.3 is 0 Å². The fourth-order valence-corrected chi connectivity index (χ4v) is 4.73. The molecule has 144 valence electrons. The quantitative estimate of drug-likeness (QED) is 0.743. The van der Waals surface area contributed by atoms with E-state index in [9.17, 15) is 9.59 Å². The number of halogens is 2. The van der Waals surface area contributed by atoms with Crippen LogP contribution in [-0.4, -0.2) is 29.3 Å². The minimum Gasteiger partial charge on any atom is -0.344 e. The molecule has 3 rings (SSSR count). The molecule has 7 heteroatoms. The molecule has 0 aliphatic carbocycles. The van der Waals surface area contributed by atoms with E-state index in [0.29, 0.717) is 35.1 Å². The first-order valence-electron chi connectivity index (χ1n) is 9.06. The average molecular weight is 425 g/mol. The first kappa shape index (κ1) is 20.2. The molecular formula is C20H22Cl2N2O2S. The molecule has 1 N–H and O–H groups in total. The number of carbonyl (C=O) groups is 2. The van der Waals surface area contributed by atoms with Crippen LogP contribution in [0.15, 0.2) is 29.6 Å². The molecule has 2 aromatic rings. The Labute approximate surface area is 173 Å². The minimum absolute atomic E-state index is 0.0210. The van der Waals surface area contributed by atoms with Crippen molar-refractivity contribution in [2.24, 2.45) is 0 Å². The zero-order valence-corrected chi connectivity index (χ0v) is 17.5. The summed E-state index contributed by atoms with van der Waals surface area (Å²) in [5.41, 5.74) is 1.80. The second-order valence-corrected chi connectivity index (χ2v) is 8.48. The van der Waals surface area contributed by atoms with Crippen molar-refractivity contribution in [3.8, 4) is 0 Å². The molecule has 1 atom stereocenters. The van der Waals surface area contributed by atoms with E-state index in [0.717, 1.165) is 12.8 Å². The smallest absolute Gasteiger partial charge is 0.245 e. The molecule has 0 radical (unpaired) electrons. The number of nitrogens with one attached hydrogen (secondary N) is 1. The van der Waals surface area contributed by atoms with Gasteiger partial charge in [0.2, 0.25) is 11.8 Å². The normalized spacial score (nSPS) is 14.6. The number of hydrogen-bond donors (Lipinski definition) is 1. The summed E-state index contributed by atoms with van der Waals surface area (Å²) in [6.45, 7) is 3.31. The Balaban J connectivity index is 1.66. The summed E-state index contributed by atoms with van der Waals surface area (Å²) in [7, 11) is 0. The van der Waals surface area contributed by atoms with Crippen molar-refractivity contribution < 1.29 is 9.59 Å². The minimum atomic E-state index is -0.524. The highest BCUT2D eigenvalue weighted by Crippen LogP contribution is 2.26. The third-order valence-electron chi connectivity index (χ3n) is 4.73. The Morgan fingerprint density at radius 1 is 1.26 bits per heavy atom. The van der Waals surface area contributed by atoms with E-state index in [1.54, 1.807) is 29.5 Å². The Bertz CT molecular complexity index is 817. The molecule has 27 heavy (non-hydrogen) atoms. The van der Waals surface area contributed by atoms with Crippen LogP contribution in [0.3, 0.4) is 0 Å². The number of rotatable bonds is 6. The predicted molar refractivity (Wildman–Crippen MR) is 110 cm³/mol. The van der Waals surface area contributed by atoms with Gasteiger partial charge in [0.05, 0.1) is 6.42 Å². The Morgan fingerprint density at radius 2 is 2.00 bits per heavy atom. The van der Waals surface area contributed by atoms with Crippen LogP contribution in [0.1, 0.15) is 35.8 Å². The zero-order valence-electron chi connectivity index (χ0n) is 15.1. The highest BCUT2D eigenvalue weighted by atomic mass is 35.5. The lowest BCUT2D eigenvalue weighted by Crippen LogP contribution is -2.50. The Hall–Kier alpha value is -1.56. The number of fused-ring (bicyclic) bond motifs is 1. The summed E-state index contributed by atoms with van der Waals surface area (Å²) in [6, 6.07) is 6.70. The van der Waals surface area contributed by atoms with Crippen LogP contribution in [0, 0.1) is 0 Å². The van der Waals surface area contributed by atoms with Crippen LogP contribution in [-0.2, 0) is 29.0 Å². The topological polar surface area (TPSA) is 49.4 Å². The highest BCUT2D eigenvalue weighted by Gasteiger charge is 2.28. The van der Waals surface area contributed by atoms with Crippen LogP contribution in [0.4, 0.5) is 0 Å². The molecule has 0 bridgehead atoms. The lowest BCUT2D eigenvalue weighted by atomic mass is 10.1. The summed E-state index contributed by atoms with van der Waals surface area (Å²) in [6.07, 6.45) is 2.34. The van der Waals surface area contributed by atoms with E-state index in [2.05, 4.69) is 16.8 Å². The highest BCUT2D eigenvalue weighted by molar-refractivity contribution is 7.10. The maximum absolute atomic E-state index is 13.0. The summed E-state index contributed by atoms with van der Waals surface area (Å²) in [4.78, 5) is 28.7. The zero-order chi connectivity index (χ0) is 19.4. The molecule has 1 unspecified atom stereocenters. The number of amides is 2. The summed E-state index contributed by atoms with van der Waals surface area (Å²) in [5.74, 6) is -0.266. The van der Waals surface area contributed by atoms with Crippen molar-refractivity contribution in [2.45, 2.75) is 45.2 Å². The SMILES string of the molecule is CCCC(NC(=O)Cc1c(Cl)cccc1Cl)C(=O)N1CCc2sccc2C1. The maximum Gasteiger partial charge on any atom is 0.245 e. The second kappa shape index (κ2) is 9.09. The first-order chi connectivity index (χ1) is 13.0. The molecule has 0 fully saturated rings. The van der Waals surface area contributed by atoms with Gasteiger partial charge < -0.3 is 10.2 Å². The molecule has 2 heterocycles. The van der Waals surface area contributed by atoms with E-state index < -0.39 is 6.04 Å². The summed E-state index contributed by atoms with van der Waals surface area (Å²) in [5, 5.41) is 5.87. The predicted octanol–water partition coefficient (Wildman–Crippen LogP) is 4.47. The second-order valence-electron chi connectivity index (χ2n) is 6.66. The molecule has 0 saturated heterocycles. The van der Waals surface area contributed by atoms with E-state index >= 15 is 0 Å². The fraction of sp³-hybridized carbons (Fsp3) is 0.400. The fourth-order valence-electron chi connectivity index (χ4n) is 3.31. The van der Waals surface area contributed by atoms with E-state index in [1.807, 2.05) is 11.8 Å². The summed E-state index contributed by atoms with van der Waals surface area (Å²) < 4.78 is 0. The van der Waals surface area contributed by atoms with Crippen molar-refractivity contribution in [1.82, 2.24) is 10.2 Å². The molecule has 0 spiro atoms. The van der Waals surface area contributed by atoms with Gasteiger partial charge in [-0.2, -0.15) is 0 Å². The van der Waals surface area contributed by atoms with Crippen LogP contribution in [0.25, 0.3) is 0 Å². The number of carbonyl (C=O) groups excluding carboxylic acids is 2. The lowest BCUT2D eigenvalue weighted by Gasteiger charge is -2.31. The molecule has 4 nitrogen and oxygen atoms in total. The van der Waals surface area contributed by atoms with Gasteiger partial charge in [-0.1, -0.05) is 42.6 Å². The van der Waals surface area contributed by atoms with Gasteiger partial charge in [0.1, 0.15) is 6.04 Å². The van der Waals surface area contributed by atoms with E-state index in [-0.39, 0.29) is 18.2 Å². The van der Waals surface area contributed by atoms with Gasteiger partial charge in [0.25, 0.3) is 0 Å². The average Bonchev–Trinajstić information content (AvgIpc) is 3.11. The van der Waals surface area contributed by atoms with Crippen LogP contribution >= 0.6 is 34.5 Å². The van der Waals surface area contributed by atoms with Crippen molar-refractivity contribution in [3.05, 3.63) is 55.7 Å². The molecule has 1 aromatic carbocycles. The molecule has 1 aliphatic rings. The number of thiophene rings is 1. The molecular weight excluding hydrogens is 403 g/mol. The standard InChI is InChI=1S/C20H22Cl2N2O2S/c1-2-4-17(20(26)24-9-7-18-13(12-24)8-10-27-18)23-19(25)11-14-15(21)5-3-6-16(14)22/h3,5-6,8,10,17H,2,4,7,9,11-12H2,1H3,(H,23,25). The molecule has 2 amide bonds. The maximum atomic E-state index is 13.0. The Morgan fingerprint density at radius 3 is 2.70 bits per heavy atom.